The number of thioether (sulfide) groups is 1. The molecule has 2 aromatic heterocycles. The molecule has 0 atom stereocenters. The van der Waals surface area contributed by atoms with Crippen LogP contribution in [0.2, 0.25) is 5.02 Å². The monoisotopic (exact) mass is 380 g/mol. The second-order valence-electron chi connectivity index (χ2n) is 4.98. The van der Waals surface area contributed by atoms with Crippen molar-refractivity contribution in [3.05, 3.63) is 46.9 Å². The Balaban J connectivity index is 1.61. The molecule has 0 bridgehead atoms. The Morgan fingerprint density at radius 1 is 1.33 bits per heavy atom. The number of amides is 1. The van der Waals surface area contributed by atoms with E-state index in [0.29, 0.717) is 10.8 Å². The van der Waals surface area contributed by atoms with Gasteiger partial charge in [-0.3, -0.25) is 9.59 Å². The molecule has 1 amide bonds. The number of rotatable bonds is 6. The van der Waals surface area contributed by atoms with Gasteiger partial charge in [0.1, 0.15) is 5.76 Å². The van der Waals surface area contributed by atoms with E-state index in [1.54, 1.807) is 18.2 Å². The van der Waals surface area contributed by atoms with Crippen LogP contribution in [0, 0.1) is 0 Å². The Morgan fingerprint density at radius 3 is 2.96 bits per heavy atom. The summed E-state index contributed by atoms with van der Waals surface area (Å²) < 4.78 is 7.29. The van der Waals surface area contributed by atoms with Gasteiger partial charge in [-0.05, 0) is 30.3 Å². The average Bonchev–Trinajstić information content (AvgIpc) is 3.16. The van der Waals surface area contributed by atoms with E-state index in [9.17, 15) is 9.59 Å². The van der Waals surface area contributed by atoms with Gasteiger partial charge in [0.25, 0.3) is 0 Å². The molecule has 0 saturated heterocycles. The third-order valence-corrected chi connectivity index (χ3v) is 5.52. The lowest BCUT2D eigenvalue weighted by atomic mass is 10.3. The lowest BCUT2D eigenvalue weighted by molar-refractivity contribution is -0.119. The molecule has 0 unspecified atom stereocenters. The molecule has 24 heavy (non-hydrogen) atoms. The van der Waals surface area contributed by atoms with E-state index in [4.69, 9.17) is 16.0 Å². The Hall–Kier alpha value is -1.83. The predicted octanol–water partition coefficient (Wildman–Crippen LogP) is 4.15. The third-order valence-electron chi connectivity index (χ3n) is 3.10. The lowest BCUT2D eigenvalue weighted by Crippen LogP contribution is -2.18. The Kier molecular flexibility index (Phi) is 5.23. The molecular formula is C16H13ClN2O3S2. The SMILES string of the molecule is CC(=O)NCc1ccc(C(=O)CSc2nc3cc(Cl)ccc3s2)o1. The number of thiazole rings is 1. The van der Waals surface area contributed by atoms with Crippen LogP contribution in [0.25, 0.3) is 10.2 Å². The average molecular weight is 381 g/mol. The molecular weight excluding hydrogens is 368 g/mol. The van der Waals surface area contributed by atoms with Crippen molar-refractivity contribution in [3.8, 4) is 0 Å². The topological polar surface area (TPSA) is 72.2 Å². The van der Waals surface area contributed by atoms with Crippen LogP contribution >= 0.6 is 34.7 Å². The molecule has 0 fully saturated rings. The zero-order chi connectivity index (χ0) is 17.1. The molecule has 0 saturated carbocycles. The number of hydrogen-bond acceptors (Lipinski definition) is 6. The van der Waals surface area contributed by atoms with Gasteiger partial charge in [0.05, 0.1) is 22.5 Å². The van der Waals surface area contributed by atoms with E-state index >= 15 is 0 Å². The molecule has 0 radical (unpaired) electrons. The predicted molar refractivity (Wildman–Crippen MR) is 95.9 cm³/mol. The Bertz CT molecular complexity index is 904. The standard InChI is InChI=1S/C16H13ClN2O3S2/c1-9(20)18-7-11-3-4-14(22-11)13(21)8-23-16-19-12-6-10(17)2-5-15(12)24-16/h2-6H,7-8H2,1H3,(H,18,20). The summed E-state index contributed by atoms with van der Waals surface area (Å²) in [5, 5.41) is 3.26. The molecule has 124 valence electrons. The third kappa shape index (κ3) is 4.17. The molecule has 3 rings (SSSR count). The minimum atomic E-state index is -0.147. The van der Waals surface area contributed by atoms with E-state index in [0.717, 1.165) is 14.6 Å². The van der Waals surface area contributed by atoms with Gasteiger partial charge >= 0.3 is 0 Å². The van der Waals surface area contributed by atoms with Crippen molar-refractivity contribution in [1.82, 2.24) is 10.3 Å². The highest BCUT2D eigenvalue weighted by molar-refractivity contribution is 8.01. The van der Waals surface area contributed by atoms with Crippen LogP contribution in [-0.4, -0.2) is 22.4 Å². The van der Waals surface area contributed by atoms with Crippen LogP contribution in [0.1, 0.15) is 23.2 Å². The smallest absolute Gasteiger partial charge is 0.217 e. The van der Waals surface area contributed by atoms with Gasteiger partial charge in [-0.2, -0.15) is 0 Å². The normalized spacial score (nSPS) is 10.9. The number of Topliss-reactive ketones (excluding diaryl/α,β-unsaturated/α-hetero) is 1. The van der Waals surface area contributed by atoms with Gasteiger partial charge in [0, 0.05) is 11.9 Å². The molecule has 1 N–H and O–H groups in total. The fraction of sp³-hybridized carbons (Fsp3) is 0.188. The number of furan rings is 1. The number of nitrogens with zero attached hydrogens (tertiary/aromatic N) is 1. The molecule has 2 heterocycles. The van der Waals surface area contributed by atoms with Crippen LogP contribution in [0.15, 0.2) is 39.1 Å². The molecule has 0 spiro atoms. The first-order chi connectivity index (χ1) is 11.5. The number of benzene rings is 1. The minimum absolute atomic E-state index is 0.119. The lowest BCUT2D eigenvalue weighted by Gasteiger charge is -1.98. The van der Waals surface area contributed by atoms with Crippen molar-refractivity contribution < 1.29 is 14.0 Å². The largest absolute Gasteiger partial charge is 0.456 e. The second-order valence-corrected chi connectivity index (χ2v) is 7.67. The number of nitrogens with one attached hydrogen (secondary N) is 1. The number of halogens is 1. The summed E-state index contributed by atoms with van der Waals surface area (Å²) in [6.45, 7) is 1.70. The van der Waals surface area contributed by atoms with Crippen molar-refractivity contribution in [2.75, 3.05) is 5.75 Å². The van der Waals surface area contributed by atoms with Crippen LogP contribution in [0.3, 0.4) is 0 Å². The first-order valence-corrected chi connectivity index (χ1v) is 9.24. The summed E-state index contributed by atoms with van der Waals surface area (Å²) in [7, 11) is 0. The van der Waals surface area contributed by atoms with Crippen LogP contribution in [0.4, 0.5) is 0 Å². The van der Waals surface area contributed by atoms with Gasteiger partial charge in [0.15, 0.2) is 10.1 Å². The zero-order valence-corrected chi connectivity index (χ0v) is 15.1. The van der Waals surface area contributed by atoms with Crippen LogP contribution in [-0.2, 0) is 11.3 Å². The van der Waals surface area contributed by atoms with Crippen LogP contribution < -0.4 is 5.32 Å². The van der Waals surface area contributed by atoms with Gasteiger partial charge in [-0.1, -0.05) is 23.4 Å². The Morgan fingerprint density at radius 2 is 2.17 bits per heavy atom. The summed E-state index contributed by atoms with van der Waals surface area (Å²) in [6, 6.07) is 8.86. The minimum Gasteiger partial charge on any atom is -0.456 e. The molecule has 8 heteroatoms. The summed E-state index contributed by atoms with van der Waals surface area (Å²) in [6.07, 6.45) is 0. The van der Waals surface area contributed by atoms with E-state index in [-0.39, 0.29) is 29.7 Å². The Labute approximate surface area is 151 Å². The highest BCUT2D eigenvalue weighted by Gasteiger charge is 2.14. The molecule has 0 aliphatic carbocycles. The number of ketones is 1. The highest BCUT2D eigenvalue weighted by atomic mass is 35.5. The van der Waals surface area contributed by atoms with Crippen molar-refractivity contribution in [1.29, 1.82) is 0 Å². The van der Waals surface area contributed by atoms with E-state index in [1.165, 1.54) is 30.0 Å². The summed E-state index contributed by atoms with van der Waals surface area (Å²) in [5.74, 6) is 0.804. The maximum Gasteiger partial charge on any atom is 0.217 e. The van der Waals surface area contributed by atoms with E-state index in [2.05, 4.69) is 10.3 Å². The number of carbonyl (C=O) groups is 2. The maximum atomic E-state index is 12.2. The fourth-order valence-corrected chi connectivity index (χ4v) is 4.06. The molecule has 3 aromatic rings. The number of aromatic nitrogens is 1. The van der Waals surface area contributed by atoms with Crippen LogP contribution in [0.5, 0.6) is 0 Å². The van der Waals surface area contributed by atoms with Crippen molar-refractivity contribution in [2.45, 2.75) is 17.8 Å². The summed E-state index contributed by atoms with van der Waals surface area (Å²) in [4.78, 5) is 27.5. The maximum absolute atomic E-state index is 12.2. The van der Waals surface area contributed by atoms with Crippen molar-refractivity contribution in [3.63, 3.8) is 0 Å². The quantitative estimate of drug-likeness (QED) is 0.513. The molecule has 0 aliphatic rings. The molecule has 0 aliphatic heterocycles. The zero-order valence-electron chi connectivity index (χ0n) is 12.7. The van der Waals surface area contributed by atoms with Gasteiger partial charge in [-0.15, -0.1) is 11.3 Å². The number of hydrogen-bond donors (Lipinski definition) is 1. The van der Waals surface area contributed by atoms with Crippen molar-refractivity contribution in [2.24, 2.45) is 0 Å². The van der Waals surface area contributed by atoms with E-state index < -0.39 is 0 Å². The van der Waals surface area contributed by atoms with E-state index in [1.807, 2.05) is 12.1 Å². The summed E-state index contributed by atoms with van der Waals surface area (Å²) in [5.41, 5.74) is 0.832. The highest BCUT2D eigenvalue weighted by Crippen LogP contribution is 2.31. The van der Waals surface area contributed by atoms with Crippen molar-refractivity contribution >= 4 is 56.6 Å². The fourth-order valence-electron chi connectivity index (χ4n) is 1.97. The van der Waals surface area contributed by atoms with Gasteiger partial charge < -0.3 is 9.73 Å². The summed E-state index contributed by atoms with van der Waals surface area (Å²) >= 11 is 8.84. The first-order valence-electron chi connectivity index (χ1n) is 7.06. The molecule has 5 nitrogen and oxygen atoms in total. The number of carbonyl (C=O) groups excluding carboxylic acids is 2. The second kappa shape index (κ2) is 7.38. The first kappa shape index (κ1) is 17.0. The van der Waals surface area contributed by atoms with Gasteiger partial charge in [-0.25, -0.2) is 4.98 Å². The molecule has 1 aromatic carbocycles. The van der Waals surface area contributed by atoms with Gasteiger partial charge in [0.2, 0.25) is 11.7 Å². The number of fused-ring (bicyclic) bond motifs is 1.